The van der Waals surface area contributed by atoms with Gasteiger partial charge < -0.3 is 23.9 Å². The van der Waals surface area contributed by atoms with Gasteiger partial charge in [0.25, 0.3) is 0 Å². The zero-order valence-electron chi connectivity index (χ0n) is 17.7. The van der Waals surface area contributed by atoms with E-state index in [0.717, 1.165) is 6.07 Å². The number of alkyl halides is 3. The van der Waals surface area contributed by atoms with Crippen molar-refractivity contribution in [3.8, 4) is 11.5 Å². The topological polar surface area (TPSA) is 116 Å². The molecule has 2 aromatic rings. The van der Waals surface area contributed by atoms with E-state index in [0.29, 0.717) is 0 Å². The lowest BCUT2D eigenvalue weighted by Crippen LogP contribution is -2.48. The number of ether oxygens (including phenoxy) is 3. The van der Waals surface area contributed by atoms with E-state index >= 15 is 0 Å². The predicted octanol–water partition coefficient (Wildman–Crippen LogP) is 3.25. The molecule has 2 heterocycles. The van der Waals surface area contributed by atoms with Crippen molar-refractivity contribution in [2.45, 2.75) is 57.7 Å². The number of carbonyl (C=O) groups excluding carboxylic acids is 1. The highest BCUT2D eigenvalue weighted by Gasteiger charge is 2.34. The summed E-state index contributed by atoms with van der Waals surface area (Å²) in [6, 6.07) is 2.95. The van der Waals surface area contributed by atoms with Gasteiger partial charge in [0, 0.05) is 12.0 Å². The molecule has 1 aliphatic heterocycles. The molecule has 0 saturated carbocycles. The van der Waals surface area contributed by atoms with Crippen molar-refractivity contribution in [2.75, 3.05) is 13.2 Å². The third-order valence-electron chi connectivity index (χ3n) is 4.43. The van der Waals surface area contributed by atoms with E-state index in [2.05, 4.69) is 15.5 Å². The van der Waals surface area contributed by atoms with E-state index in [1.54, 1.807) is 20.8 Å². The van der Waals surface area contributed by atoms with Crippen molar-refractivity contribution in [2.24, 2.45) is 0 Å². The van der Waals surface area contributed by atoms with Gasteiger partial charge in [0.1, 0.15) is 5.60 Å². The van der Waals surface area contributed by atoms with E-state index in [9.17, 15) is 22.8 Å². The van der Waals surface area contributed by atoms with Crippen LogP contribution in [0, 0.1) is 0 Å². The van der Waals surface area contributed by atoms with Crippen LogP contribution in [0.3, 0.4) is 0 Å². The number of nitrogens with one attached hydrogen (secondary N) is 2. The lowest BCUT2D eigenvalue weighted by molar-refractivity contribution is -0.191. The van der Waals surface area contributed by atoms with Crippen LogP contribution in [0.5, 0.6) is 0 Å². The molecule has 0 radical (unpaired) electrons. The highest BCUT2D eigenvalue weighted by Crippen LogP contribution is 2.35. The van der Waals surface area contributed by atoms with Gasteiger partial charge in [0.2, 0.25) is 5.89 Å². The first kappa shape index (κ1) is 23.8. The number of aryl methyl sites for hydroxylation is 1. The molecule has 1 fully saturated rings. The summed E-state index contributed by atoms with van der Waals surface area (Å²) >= 11 is 0. The van der Waals surface area contributed by atoms with Crippen LogP contribution in [0.2, 0.25) is 0 Å². The summed E-state index contributed by atoms with van der Waals surface area (Å²) in [6.07, 6.45) is -5.76. The summed E-state index contributed by atoms with van der Waals surface area (Å²) in [5.41, 5.74) is -1.23. The number of rotatable bonds is 5. The third-order valence-corrected chi connectivity index (χ3v) is 4.43. The van der Waals surface area contributed by atoms with Crippen LogP contribution >= 0.6 is 0 Å². The van der Waals surface area contributed by atoms with Crippen LogP contribution in [0.1, 0.15) is 38.3 Å². The lowest BCUT2D eigenvalue weighted by Gasteiger charge is -2.30. The summed E-state index contributed by atoms with van der Waals surface area (Å²) in [4.78, 5) is 23.0. The number of benzene rings is 1. The molecule has 1 aliphatic rings. The Bertz CT molecular complexity index is 987. The zero-order chi connectivity index (χ0) is 23.5. The van der Waals surface area contributed by atoms with Gasteiger partial charge in [-0.15, -0.1) is 5.10 Å². The Morgan fingerprint density at radius 1 is 1.25 bits per heavy atom. The molecule has 0 bridgehead atoms. The molecular weight excluding hydrogens is 435 g/mol. The number of H-pyrrole nitrogens is 1. The summed E-state index contributed by atoms with van der Waals surface area (Å²) in [7, 11) is 0. The minimum atomic E-state index is -4.56. The number of aromatic nitrogens is 2. The normalized spacial score (nSPS) is 19.6. The fraction of sp³-hybridized carbons (Fsp3) is 0.550. The maximum Gasteiger partial charge on any atom is 0.434 e. The number of halogens is 3. The number of alkyl carbamates (subject to hydrolysis) is 1. The number of aromatic amines is 1. The second-order valence-electron chi connectivity index (χ2n) is 8.27. The lowest BCUT2D eigenvalue weighted by atomic mass is 9.99. The largest absolute Gasteiger partial charge is 0.444 e. The van der Waals surface area contributed by atoms with Crippen molar-refractivity contribution in [3.63, 3.8) is 0 Å². The average Bonchev–Trinajstić information content (AvgIpc) is 3.11. The quantitative estimate of drug-likeness (QED) is 0.705. The van der Waals surface area contributed by atoms with Gasteiger partial charge in [-0.05, 0) is 51.0 Å². The molecular formula is C20H24F3N3O6. The Morgan fingerprint density at radius 3 is 2.50 bits per heavy atom. The minimum Gasteiger partial charge on any atom is -0.444 e. The summed E-state index contributed by atoms with van der Waals surface area (Å²) in [5.74, 6) is -0.911. The Morgan fingerprint density at radius 2 is 1.94 bits per heavy atom. The molecule has 32 heavy (non-hydrogen) atoms. The van der Waals surface area contributed by atoms with E-state index in [1.807, 2.05) is 0 Å². The summed E-state index contributed by atoms with van der Waals surface area (Å²) < 4.78 is 61.4. The van der Waals surface area contributed by atoms with E-state index in [4.69, 9.17) is 18.6 Å². The van der Waals surface area contributed by atoms with Crippen LogP contribution in [-0.4, -0.2) is 47.4 Å². The molecule has 0 spiro atoms. The third kappa shape index (κ3) is 6.57. The number of carbonyl (C=O) groups is 1. The monoisotopic (exact) mass is 459 g/mol. The van der Waals surface area contributed by atoms with Crippen LogP contribution in [0.25, 0.3) is 11.5 Å². The highest BCUT2D eigenvalue weighted by atomic mass is 19.4. The van der Waals surface area contributed by atoms with Gasteiger partial charge in [0.15, 0.2) is 6.29 Å². The van der Waals surface area contributed by atoms with Crippen molar-refractivity contribution < 1.29 is 36.6 Å². The standard InChI is InChI=1S/C20H24F3N3O6/c1-19(2,3)32-17(27)24-13-9-29-15(30-10-13)7-5-11-8-12(16-25-26-18(28)31-16)4-6-14(11)20(21,22)23/h4,6,8,13,15H,5,7,9-10H2,1-3H3,(H,24,27)(H,26,28). The van der Waals surface area contributed by atoms with Crippen molar-refractivity contribution in [1.82, 2.24) is 15.5 Å². The first-order chi connectivity index (χ1) is 14.9. The molecule has 3 rings (SSSR count). The Labute approximate surface area is 181 Å². The fourth-order valence-corrected chi connectivity index (χ4v) is 3.10. The molecule has 1 amide bonds. The number of amides is 1. The highest BCUT2D eigenvalue weighted by molar-refractivity contribution is 5.68. The van der Waals surface area contributed by atoms with Crippen LogP contribution in [0.15, 0.2) is 27.4 Å². The molecule has 1 aromatic heterocycles. The number of hydrogen-bond donors (Lipinski definition) is 2. The Hall–Kier alpha value is -2.86. The van der Waals surface area contributed by atoms with Crippen LogP contribution in [-0.2, 0) is 26.8 Å². The Balaban J connectivity index is 1.60. The van der Waals surface area contributed by atoms with Crippen molar-refractivity contribution in [1.29, 1.82) is 0 Å². The average molecular weight is 459 g/mol. The molecule has 0 aliphatic carbocycles. The molecule has 9 nitrogen and oxygen atoms in total. The molecule has 0 atom stereocenters. The first-order valence-electron chi connectivity index (χ1n) is 9.89. The van der Waals surface area contributed by atoms with Crippen LogP contribution in [0.4, 0.5) is 18.0 Å². The zero-order valence-corrected chi connectivity index (χ0v) is 17.7. The number of nitrogens with zero attached hydrogens (tertiary/aromatic N) is 1. The molecule has 2 N–H and O–H groups in total. The minimum absolute atomic E-state index is 0.00777. The van der Waals surface area contributed by atoms with Gasteiger partial charge in [-0.2, -0.15) is 13.2 Å². The predicted molar refractivity (Wildman–Crippen MR) is 105 cm³/mol. The SMILES string of the molecule is CC(C)(C)OC(=O)NC1COC(CCc2cc(-c3n[nH]c(=O)o3)ccc2C(F)(F)F)OC1. The van der Waals surface area contributed by atoms with Gasteiger partial charge in [0.05, 0.1) is 24.8 Å². The Kier molecular flexibility index (Phi) is 6.94. The van der Waals surface area contributed by atoms with Crippen LogP contribution < -0.4 is 11.1 Å². The van der Waals surface area contributed by atoms with E-state index in [1.165, 1.54) is 12.1 Å². The smallest absolute Gasteiger partial charge is 0.434 e. The molecule has 0 unspecified atom stereocenters. The molecule has 176 valence electrons. The summed E-state index contributed by atoms with van der Waals surface area (Å²) in [5, 5.41) is 8.34. The first-order valence-corrected chi connectivity index (χ1v) is 9.89. The van der Waals surface area contributed by atoms with Gasteiger partial charge in [-0.25, -0.2) is 14.7 Å². The van der Waals surface area contributed by atoms with Gasteiger partial charge in [-0.3, -0.25) is 0 Å². The molecule has 1 saturated heterocycles. The molecule has 1 aromatic carbocycles. The van der Waals surface area contributed by atoms with E-state index in [-0.39, 0.29) is 43.1 Å². The van der Waals surface area contributed by atoms with Crippen molar-refractivity contribution in [3.05, 3.63) is 39.9 Å². The fourth-order valence-electron chi connectivity index (χ4n) is 3.10. The maximum atomic E-state index is 13.4. The number of hydrogen-bond acceptors (Lipinski definition) is 7. The molecule has 12 heteroatoms. The van der Waals surface area contributed by atoms with Gasteiger partial charge in [-0.1, -0.05) is 0 Å². The second kappa shape index (κ2) is 9.33. The van der Waals surface area contributed by atoms with Gasteiger partial charge >= 0.3 is 18.0 Å². The van der Waals surface area contributed by atoms with Crippen molar-refractivity contribution >= 4 is 6.09 Å². The van der Waals surface area contributed by atoms with E-state index < -0.39 is 41.5 Å². The summed E-state index contributed by atoms with van der Waals surface area (Å²) in [6.45, 7) is 5.48. The second-order valence-corrected chi connectivity index (χ2v) is 8.27. The maximum absolute atomic E-state index is 13.4.